The van der Waals surface area contributed by atoms with Gasteiger partial charge in [-0.15, -0.1) is 0 Å². The van der Waals surface area contributed by atoms with E-state index in [-0.39, 0.29) is 6.61 Å². The van der Waals surface area contributed by atoms with E-state index in [2.05, 4.69) is 53.3 Å². The molecule has 1 saturated heterocycles. The van der Waals surface area contributed by atoms with Gasteiger partial charge in [-0.25, -0.2) is 0 Å². The van der Waals surface area contributed by atoms with Gasteiger partial charge in [0.2, 0.25) is 0 Å². The van der Waals surface area contributed by atoms with Crippen molar-refractivity contribution >= 4 is 11.3 Å². The molecule has 6 nitrogen and oxygen atoms in total. The van der Waals surface area contributed by atoms with Gasteiger partial charge in [0.25, 0.3) is 0 Å². The van der Waals surface area contributed by atoms with Crippen molar-refractivity contribution in [3.63, 3.8) is 0 Å². The molecule has 2 heterocycles. The van der Waals surface area contributed by atoms with Crippen LogP contribution in [0.3, 0.4) is 0 Å². The summed E-state index contributed by atoms with van der Waals surface area (Å²) in [6, 6.07) is 20.2. The Kier molecular flexibility index (Phi) is 8.16. The third-order valence-electron chi connectivity index (χ3n) is 6.23. The van der Waals surface area contributed by atoms with Gasteiger partial charge in [0.05, 0.1) is 12.3 Å². The van der Waals surface area contributed by atoms with Gasteiger partial charge in [-0.1, -0.05) is 50.2 Å². The molecule has 4 rings (SSSR count). The molecule has 0 aliphatic carbocycles. The predicted molar refractivity (Wildman–Crippen MR) is 141 cm³/mol. The highest BCUT2D eigenvalue weighted by Crippen LogP contribution is 2.28. The first-order chi connectivity index (χ1) is 17.1. The topological polar surface area (TPSA) is 81.5 Å². The normalized spacial score (nSPS) is 15.0. The Balaban J connectivity index is 1.59. The van der Waals surface area contributed by atoms with Crippen molar-refractivity contribution in [2.24, 2.45) is 0 Å². The van der Waals surface area contributed by atoms with Crippen molar-refractivity contribution in [2.45, 2.75) is 32.8 Å². The fourth-order valence-corrected chi connectivity index (χ4v) is 4.24. The van der Waals surface area contributed by atoms with Gasteiger partial charge < -0.3 is 20.1 Å². The Hall–Kier alpha value is -3.64. The third kappa shape index (κ3) is 6.08. The lowest BCUT2D eigenvalue weighted by Gasteiger charge is -2.34. The van der Waals surface area contributed by atoms with Crippen molar-refractivity contribution < 1.29 is 9.84 Å². The zero-order chi connectivity index (χ0) is 24.6. The summed E-state index contributed by atoms with van der Waals surface area (Å²) >= 11 is 0. The van der Waals surface area contributed by atoms with E-state index in [1.54, 1.807) is 12.4 Å². The highest BCUT2D eigenvalue weighted by atomic mass is 16.5. The highest BCUT2D eigenvalue weighted by molar-refractivity contribution is 6.30. The van der Waals surface area contributed by atoms with Gasteiger partial charge in [0, 0.05) is 43.2 Å². The minimum atomic E-state index is 0.0615. The molecule has 0 amide bonds. The molecular formula is C29H34N4O2. The van der Waals surface area contributed by atoms with Crippen molar-refractivity contribution in [3.8, 4) is 5.75 Å². The molecule has 2 aromatic carbocycles. The van der Waals surface area contributed by atoms with Crippen molar-refractivity contribution in [2.75, 3.05) is 26.2 Å². The van der Waals surface area contributed by atoms with Gasteiger partial charge in [0.15, 0.2) is 0 Å². The van der Waals surface area contributed by atoms with Crippen LogP contribution in [0.2, 0.25) is 0 Å². The number of aromatic nitrogens is 1. The Bertz CT molecular complexity index is 1140. The zero-order valence-corrected chi connectivity index (χ0v) is 20.5. The molecule has 0 atom stereocenters. The molecule has 1 aliphatic rings. The fraction of sp³-hybridized carbons (Fsp3) is 0.310. The minimum absolute atomic E-state index is 0.0615. The number of benzene rings is 2. The molecular weight excluding hydrogens is 436 g/mol. The van der Waals surface area contributed by atoms with Crippen LogP contribution in [-0.4, -0.2) is 46.9 Å². The van der Waals surface area contributed by atoms with E-state index >= 15 is 0 Å². The standard InChI is InChI=1S/C29H34N4O2/c1-21(2)23-6-4-22(5-7-23)20-35-26-10-8-24(9-11-26)27(28(30)25-12-15-31-16-13-25)29-32-14-3-17-33(29)18-19-34/h4-13,15-16,21,30,32,34H,3,14,17-20H2,1-2H3/b29-27+,30-28?. The molecule has 1 fully saturated rings. The van der Waals surface area contributed by atoms with Gasteiger partial charge in [0.1, 0.15) is 18.2 Å². The van der Waals surface area contributed by atoms with E-state index in [1.165, 1.54) is 5.56 Å². The number of hydrogen-bond donors (Lipinski definition) is 3. The quantitative estimate of drug-likeness (QED) is 0.391. The monoisotopic (exact) mass is 470 g/mol. The molecule has 3 N–H and O–H groups in total. The van der Waals surface area contributed by atoms with Crippen LogP contribution in [0.1, 0.15) is 48.4 Å². The maximum absolute atomic E-state index is 9.61. The number of aliphatic hydroxyl groups excluding tert-OH is 1. The van der Waals surface area contributed by atoms with Crippen LogP contribution in [0, 0.1) is 5.41 Å². The second-order valence-corrected chi connectivity index (χ2v) is 9.03. The maximum atomic E-state index is 9.61. The van der Waals surface area contributed by atoms with Crippen LogP contribution in [-0.2, 0) is 6.61 Å². The van der Waals surface area contributed by atoms with Crippen molar-refractivity contribution in [3.05, 3.63) is 101 Å². The molecule has 0 radical (unpaired) electrons. The predicted octanol–water partition coefficient (Wildman–Crippen LogP) is 4.81. The summed E-state index contributed by atoms with van der Waals surface area (Å²) in [6.45, 7) is 7.14. The highest BCUT2D eigenvalue weighted by Gasteiger charge is 2.23. The van der Waals surface area contributed by atoms with Gasteiger partial charge in [-0.2, -0.15) is 0 Å². The fourth-order valence-electron chi connectivity index (χ4n) is 4.24. The molecule has 182 valence electrons. The average Bonchev–Trinajstić information content (AvgIpc) is 2.90. The molecule has 1 aromatic heterocycles. The number of allylic oxidation sites excluding steroid dienone is 1. The molecule has 0 saturated carbocycles. The number of β-amino-alcohol motifs (C(OH)–C–C–N with tert-alkyl or cyclic N) is 1. The number of ether oxygens (including phenoxy) is 1. The zero-order valence-electron chi connectivity index (χ0n) is 20.5. The minimum Gasteiger partial charge on any atom is -0.489 e. The lowest BCUT2D eigenvalue weighted by atomic mass is 9.95. The van der Waals surface area contributed by atoms with E-state index in [0.29, 0.717) is 24.8 Å². The number of nitrogens with one attached hydrogen (secondary N) is 2. The van der Waals surface area contributed by atoms with E-state index < -0.39 is 0 Å². The number of pyridine rings is 1. The summed E-state index contributed by atoms with van der Waals surface area (Å²) in [5.41, 5.74) is 5.39. The van der Waals surface area contributed by atoms with Gasteiger partial charge in [-0.3, -0.25) is 10.4 Å². The van der Waals surface area contributed by atoms with Crippen LogP contribution in [0.5, 0.6) is 5.75 Å². The van der Waals surface area contributed by atoms with Crippen molar-refractivity contribution in [1.82, 2.24) is 15.2 Å². The second kappa shape index (κ2) is 11.7. The maximum Gasteiger partial charge on any atom is 0.119 e. The molecule has 0 bridgehead atoms. The number of rotatable bonds is 9. The van der Waals surface area contributed by atoms with E-state index in [4.69, 9.17) is 10.1 Å². The molecule has 0 spiro atoms. The van der Waals surface area contributed by atoms with E-state index in [9.17, 15) is 5.11 Å². The Morgan fingerprint density at radius 2 is 1.74 bits per heavy atom. The number of hydrogen-bond acceptors (Lipinski definition) is 6. The average molecular weight is 471 g/mol. The van der Waals surface area contributed by atoms with Crippen LogP contribution in [0.15, 0.2) is 78.9 Å². The summed E-state index contributed by atoms with van der Waals surface area (Å²) in [5, 5.41) is 22.1. The van der Waals surface area contributed by atoms with Crippen LogP contribution in [0.25, 0.3) is 5.57 Å². The summed E-state index contributed by atoms with van der Waals surface area (Å²) in [6.07, 6.45) is 4.40. The van der Waals surface area contributed by atoms with E-state index in [0.717, 1.165) is 53.3 Å². The second-order valence-electron chi connectivity index (χ2n) is 9.03. The van der Waals surface area contributed by atoms with Crippen LogP contribution >= 0.6 is 0 Å². The van der Waals surface area contributed by atoms with Crippen molar-refractivity contribution in [1.29, 1.82) is 5.41 Å². The van der Waals surface area contributed by atoms with E-state index in [1.807, 2.05) is 36.4 Å². The first kappa shape index (κ1) is 24.5. The largest absolute Gasteiger partial charge is 0.489 e. The lowest BCUT2D eigenvalue weighted by molar-refractivity contribution is 0.205. The Labute approximate surface area is 207 Å². The Morgan fingerprint density at radius 3 is 2.40 bits per heavy atom. The summed E-state index contributed by atoms with van der Waals surface area (Å²) < 4.78 is 6.04. The first-order valence-electron chi connectivity index (χ1n) is 12.2. The first-order valence-corrected chi connectivity index (χ1v) is 12.2. The number of nitrogens with zero attached hydrogens (tertiary/aromatic N) is 2. The van der Waals surface area contributed by atoms with Gasteiger partial charge >= 0.3 is 0 Å². The van der Waals surface area contributed by atoms with Crippen LogP contribution < -0.4 is 10.1 Å². The molecule has 0 unspecified atom stereocenters. The van der Waals surface area contributed by atoms with Gasteiger partial charge in [-0.05, 0) is 53.3 Å². The summed E-state index contributed by atoms with van der Waals surface area (Å²) in [4.78, 5) is 6.22. The summed E-state index contributed by atoms with van der Waals surface area (Å²) in [5.74, 6) is 2.18. The molecule has 3 aromatic rings. The molecule has 6 heteroatoms. The van der Waals surface area contributed by atoms with Crippen LogP contribution in [0.4, 0.5) is 0 Å². The number of aliphatic hydroxyl groups is 1. The third-order valence-corrected chi connectivity index (χ3v) is 6.23. The molecule has 1 aliphatic heterocycles. The molecule has 35 heavy (non-hydrogen) atoms. The lowest BCUT2D eigenvalue weighted by Crippen LogP contribution is -2.42. The smallest absolute Gasteiger partial charge is 0.119 e. The Morgan fingerprint density at radius 1 is 1.03 bits per heavy atom. The summed E-state index contributed by atoms with van der Waals surface area (Å²) in [7, 11) is 0. The SMILES string of the molecule is CC(C)c1ccc(COc2ccc(/C(C(=N)c3ccncc3)=C3/NCCCN3CCO)cc2)cc1.